The van der Waals surface area contributed by atoms with Crippen molar-refractivity contribution in [3.8, 4) is 0 Å². The lowest BCUT2D eigenvalue weighted by Gasteiger charge is -2.40. The molecular weight excluding hydrogens is 438 g/mol. The Morgan fingerprint density at radius 3 is 1.61 bits per heavy atom. The quantitative estimate of drug-likeness (QED) is 0.398. The van der Waals surface area contributed by atoms with E-state index in [0.717, 1.165) is 24.3 Å². The molecule has 3 heteroatoms. The van der Waals surface area contributed by atoms with E-state index in [4.69, 9.17) is 15.7 Å². The largest absolute Gasteiger partial charge is 0.401 e. The summed E-state index contributed by atoms with van der Waals surface area (Å²) in [5.74, 6) is 0. The van der Waals surface area contributed by atoms with Gasteiger partial charge in [-0.1, -0.05) is 111 Å². The lowest BCUT2D eigenvalue weighted by atomic mass is 9.66. The average Bonchev–Trinajstić information content (AvgIpc) is 2.66. The van der Waals surface area contributed by atoms with Crippen LogP contribution in [0.1, 0.15) is 140 Å². The first kappa shape index (κ1) is 32.4. The minimum Gasteiger partial charge on any atom is -0.401 e. The molecule has 206 valence electrons. The van der Waals surface area contributed by atoms with Gasteiger partial charge in [0.05, 0.1) is 0 Å². The highest BCUT2D eigenvalue weighted by molar-refractivity contribution is 6.05. The van der Waals surface area contributed by atoms with Crippen LogP contribution >= 0.6 is 0 Å². The van der Waals surface area contributed by atoms with E-state index in [9.17, 15) is 0 Å². The zero-order chi connectivity index (χ0) is 28.7. The summed E-state index contributed by atoms with van der Waals surface area (Å²) in [7, 11) is 1.93. The molecule has 1 heterocycles. The minimum atomic E-state index is -0.131. The molecular formula is C33H59N3. The van der Waals surface area contributed by atoms with Gasteiger partial charge in [0.25, 0.3) is 0 Å². The fraction of sp³-hybridized carbons (Fsp3) is 0.758. The molecule has 0 saturated carbocycles. The number of rotatable bonds is 6. The first-order chi connectivity index (χ1) is 15.8. The van der Waals surface area contributed by atoms with E-state index in [1.165, 1.54) is 22.4 Å². The Balaban J connectivity index is 3.60. The van der Waals surface area contributed by atoms with Gasteiger partial charge in [0.1, 0.15) is 0 Å². The van der Waals surface area contributed by atoms with E-state index in [2.05, 4.69) is 117 Å². The van der Waals surface area contributed by atoms with Gasteiger partial charge in [-0.2, -0.15) is 0 Å². The van der Waals surface area contributed by atoms with Crippen LogP contribution in [0.2, 0.25) is 0 Å². The molecule has 36 heavy (non-hydrogen) atoms. The number of pyridine rings is 1. The Kier molecular flexibility index (Phi) is 9.23. The number of nitrogens with two attached hydrogens (primary N) is 1. The maximum Gasteiger partial charge on any atom is 0.0500 e. The molecule has 3 nitrogen and oxygen atoms in total. The van der Waals surface area contributed by atoms with E-state index >= 15 is 0 Å². The Labute approximate surface area is 224 Å². The normalized spacial score (nSPS) is 15.8. The highest BCUT2D eigenvalue weighted by Crippen LogP contribution is 2.45. The van der Waals surface area contributed by atoms with Crippen LogP contribution in [0.5, 0.6) is 0 Å². The second kappa shape index (κ2) is 10.3. The summed E-state index contributed by atoms with van der Waals surface area (Å²) in [6, 6.07) is 2.22. The zero-order valence-electron chi connectivity index (χ0n) is 27.0. The molecule has 0 aliphatic heterocycles. The first-order valence-electron chi connectivity index (χ1n) is 13.8. The van der Waals surface area contributed by atoms with Gasteiger partial charge in [-0.3, -0.25) is 9.98 Å². The van der Waals surface area contributed by atoms with E-state index in [-0.39, 0.29) is 32.5 Å². The summed E-state index contributed by atoms with van der Waals surface area (Å²) in [5.41, 5.74) is 13.8. The fourth-order valence-corrected chi connectivity index (χ4v) is 5.24. The van der Waals surface area contributed by atoms with E-state index in [0.29, 0.717) is 0 Å². The van der Waals surface area contributed by atoms with Crippen LogP contribution in [0.3, 0.4) is 0 Å². The van der Waals surface area contributed by atoms with Gasteiger partial charge < -0.3 is 5.73 Å². The topological polar surface area (TPSA) is 51.3 Å². The highest BCUT2D eigenvalue weighted by atomic mass is 14.8. The lowest BCUT2D eigenvalue weighted by Crippen LogP contribution is -2.37. The van der Waals surface area contributed by atoms with Crippen molar-refractivity contribution in [2.24, 2.45) is 27.0 Å². The van der Waals surface area contributed by atoms with Crippen LogP contribution in [-0.2, 0) is 16.2 Å². The molecule has 1 aromatic rings. The van der Waals surface area contributed by atoms with Crippen LogP contribution < -0.4 is 5.73 Å². The predicted octanol–water partition coefficient (Wildman–Crippen LogP) is 9.14. The summed E-state index contributed by atoms with van der Waals surface area (Å²) in [6.45, 7) is 36.6. The van der Waals surface area contributed by atoms with Crippen molar-refractivity contribution in [2.45, 2.75) is 140 Å². The number of nitrogens with zero attached hydrogens (tertiary/aromatic N) is 2. The molecule has 0 spiro atoms. The van der Waals surface area contributed by atoms with Crippen LogP contribution in [0.15, 0.2) is 28.5 Å². The van der Waals surface area contributed by atoms with Crippen molar-refractivity contribution >= 4 is 5.71 Å². The summed E-state index contributed by atoms with van der Waals surface area (Å²) < 4.78 is 0. The lowest BCUT2D eigenvalue weighted by molar-refractivity contribution is 0.352. The Morgan fingerprint density at radius 1 is 0.750 bits per heavy atom. The van der Waals surface area contributed by atoms with Gasteiger partial charge in [-0.05, 0) is 51.9 Å². The number of hydrogen-bond acceptors (Lipinski definition) is 3. The van der Waals surface area contributed by atoms with Crippen molar-refractivity contribution in [1.29, 1.82) is 0 Å². The maximum absolute atomic E-state index is 6.84. The second-order valence-corrected chi connectivity index (χ2v) is 16.2. The number of aromatic nitrogens is 1. The molecule has 1 rings (SSSR count). The first-order valence-corrected chi connectivity index (χ1v) is 13.8. The molecule has 1 aromatic heterocycles. The summed E-state index contributed by atoms with van der Waals surface area (Å²) >= 11 is 0. The summed E-state index contributed by atoms with van der Waals surface area (Å²) in [5, 5.41) is 0. The molecule has 0 saturated heterocycles. The highest BCUT2D eigenvalue weighted by Gasteiger charge is 2.39. The fourth-order valence-electron chi connectivity index (χ4n) is 5.24. The number of aliphatic imine (C=N–C) groups is 1. The number of hydrogen-bond donors (Lipinski definition) is 1. The molecule has 0 radical (unpaired) electrons. The Morgan fingerprint density at radius 2 is 1.25 bits per heavy atom. The molecule has 0 bridgehead atoms. The van der Waals surface area contributed by atoms with Crippen LogP contribution in [0, 0.1) is 16.2 Å². The van der Waals surface area contributed by atoms with E-state index < -0.39 is 0 Å². The van der Waals surface area contributed by atoms with Gasteiger partial charge in [-0.25, -0.2) is 0 Å². The van der Waals surface area contributed by atoms with Crippen LogP contribution in [0.25, 0.3) is 0 Å². The van der Waals surface area contributed by atoms with Crippen molar-refractivity contribution in [3.63, 3.8) is 0 Å². The van der Waals surface area contributed by atoms with Crippen LogP contribution in [-0.4, -0.2) is 17.7 Å². The molecule has 0 unspecified atom stereocenters. The molecule has 0 atom stereocenters. The van der Waals surface area contributed by atoms with E-state index in [1.54, 1.807) is 0 Å². The average molecular weight is 498 g/mol. The zero-order valence-corrected chi connectivity index (χ0v) is 27.0. The van der Waals surface area contributed by atoms with E-state index in [1.807, 2.05) is 13.2 Å². The van der Waals surface area contributed by atoms with Gasteiger partial charge in [0.15, 0.2) is 0 Å². The smallest absolute Gasteiger partial charge is 0.0500 e. The summed E-state index contributed by atoms with van der Waals surface area (Å²) in [6.07, 6.45) is 4.02. The SMILES string of the molecule is CN=C(/C(=C(\N)C(C)(C)C)C(C)(C)C)C(C)(C)CCC(C)(C)c1nccc(C(C)(C)C)c1C(C)(C)C. The van der Waals surface area contributed by atoms with Crippen LogP contribution in [0.4, 0.5) is 0 Å². The maximum atomic E-state index is 6.84. The Hall–Kier alpha value is -1.64. The van der Waals surface area contributed by atoms with Crippen molar-refractivity contribution in [2.75, 3.05) is 7.05 Å². The molecule has 0 aliphatic rings. The molecule has 0 fully saturated rings. The van der Waals surface area contributed by atoms with Gasteiger partial charge in [0, 0.05) is 46.6 Å². The third-order valence-corrected chi connectivity index (χ3v) is 7.45. The van der Waals surface area contributed by atoms with Gasteiger partial charge in [0.2, 0.25) is 0 Å². The minimum absolute atomic E-state index is 0.0122. The molecule has 2 N–H and O–H groups in total. The van der Waals surface area contributed by atoms with Gasteiger partial charge in [-0.15, -0.1) is 0 Å². The number of allylic oxidation sites excluding steroid dienone is 2. The molecule has 0 amide bonds. The predicted molar refractivity (Wildman–Crippen MR) is 161 cm³/mol. The third kappa shape index (κ3) is 7.45. The second-order valence-electron chi connectivity index (χ2n) is 16.2. The Bertz CT molecular complexity index is 976. The summed E-state index contributed by atoms with van der Waals surface area (Å²) in [4.78, 5) is 9.93. The monoisotopic (exact) mass is 497 g/mol. The van der Waals surface area contributed by atoms with Crippen molar-refractivity contribution < 1.29 is 0 Å². The van der Waals surface area contributed by atoms with Crippen molar-refractivity contribution in [3.05, 3.63) is 40.4 Å². The molecule has 0 aliphatic carbocycles. The van der Waals surface area contributed by atoms with Gasteiger partial charge >= 0.3 is 0 Å². The van der Waals surface area contributed by atoms with Crippen molar-refractivity contribution in [1.82, 2.24) is 4.98 Å². The third-order valence-electron chi connectivity index (χ3n) is 7.45. The standard InChI is InChI=1S/C33H59N3/c1-28(2,3)22-18-21-36-27(23(22)29(4,5)6)33(15,16)20-19-32(13,14)26(35-17)24(30(7,8)9)25(34)31(10,11)12/h18,21H,19-20,34H2,1-17H3/b25-24+,35-26?. The molecule has 0 aromatic carbocycles.